The molecule has 23 heavy (non-hydrogen) atoms. The van der Waals surface area contributed by atoms with E-state index in [4.69, 9.17) is 10.5 Å². The van der Waals surface area contributed by atoms with Crippen molar-refractivity contribution >= 4 is 23.2 Å². The summed E-state index contributed by atoms with van der Waals surface area (Å²) in [5, 5.41) is 2.81. The molecule has 1 aliphatic heterocycles. The summed E-state index contributed by atoms with van der Waals surface area (Å²) in [6, 6.07) is 4.77. The van der Waals surface area contributed by atoms with E-state index in [2.05, 4.69) is 5.32 Å². The molecule has 3 N–H and O–H groups in total. The minimum absolute atomic E-state index is 0.0840. The summed E-state index contributed by atoms with van der Waals surface area (Å²) in [6.45, 7) is 2.66. The monoisotopic (exact) mass is 319 g/mol. The van der Waals surface area contributed by atoms with Gasteiger partial charge in [0, 0.05) is 18.7 Å². The van der Waals surface area contributed by atoms with Gasteiger partial charge in [0.15, 0.2) is 0 Å². The van der Waals surface area contributed by atoms with Gasteiger partial charge in [-0.3, -0.25) is 9.59 Å². The zero-order valence-electron chi connectivity index (χ0n) is 13.8. The highest BCUT2D eigenvalue weighted by atomic mass is 16.5. The molecule has 0 saturated carbocycles. The van der Waals surface area contributed by atoms with Gasteiger partial charge in [0.1, 0.15) is 5.75 Å². The van der Waals surface area contributed by atoms with Crippen molar-refractivity contribution in [3.63, 3.8) is 0 Å². The molecule has 0 bridgehead atoms. The van der Waals surface area contributed by atoms with Crippen LogP contribution in [0.3, 0.4) is 0 Å². The van der Waals surface area contributed by atoms with Gasteiger partial charge in [-0.1, -0.05) is 13.3 Å². The van der Waals surface area contributed by atoms with Crippen LogP contribution < -0.4 is 20.7 Å². The highest BCUT2D eigenvalue weighted by molar-refractivity contribution is 5.98. The highest BCUT2D eigenvalue weighted by Crippen LogP contribution is 2.33. The van der Waals surface area contributed by atoms with Gasteiger partial charge in [-0.2, -0.15) is 0 Å². The Balaban J connectivity index is 2.21. The third-order valence-electron chi connectivity index (χ3n) is 4.00. The van der Waals surface area contributed by atoms with Gasteiger partial charge in [-0.15, -0.1) is 0 Å². The van der Waals surface area contributed by atoms with Crippen molar-refractivity contribution in [3.8, 4) is 5.75 Å². The van der Waals surface area contributed by atoms with E-state index in [-0.39, 0.29) is 11.8 Å². The zero-order chi connectivity index (χ0) is 16.8. The van der Waals surface area contributed by atoms with E-state index in [1.54, 1.807) is 30.2 Å². The first-order valence-corrected chi connectivity index (χ1v) is 8.11. The first kappa shape index (κ1) is 17.3. The molecule has 1 aromatic rings. The lowest BCUT2D eigenvalue weighted by molar-refractivity contribution is -0.119. The predicted molar refractivity (Wildman–Crippen MR) is 90.7 cm³/mol. The summed E-state index contributed by atoms with van der Waals surface area (Å²) in [5.41, 5.74) is 7.15. The van der Waals surface area contributed by atoms with Gasteiger partial charge in [0.2, 0.25) is 11.8 Å². The number of rotatable bonds is 6. The van der Waals surface area contributed by atoms with Crippen molar-refractivity contribution in [2.75, 3.05) is 23.9 Å². The molecule has 0 spiro atoms. The second-order valence-corrected chi connectivity index (χ2v) is 5.77. The van der Waals surface area contributed by atoms with Crippen molar-refractivity contribution in [2.24, 2.45) is 5.73 Å². The van der Waals surface area contributed by atoms with Crippen LogP contribution in [0.4, 0.5) is 11.4 Å². The first-order chi connectivity index (χ1) is 11.1. The van der Waals surface area contributed by atoms with Crippen molar-refractivity contribution in [3.05, 3.63) is 18.2 Å². The van der Waals surface area contributed by atoms with Crippen molar-refractivity contribution in [1.82, 2.24) is 0 Å². The van der Waals surface area contributed by atoms with Crippen LogP contribution in [0.2, 0.25) is 0 Å². The number of carbonyl (C=O) groups is 2. The number of ether oxygens (including phenoxy) is 1. The Morgan fingerprint density at radius 1 is 1.43 bits per heavy atom. The van der Waals surface area contributed by atoms with Crippen molar-refractivity contribution in [2.45, 2.75) is 45.1 Å². The van der Waals surface area contributed by atoms with Crippen molar-refractivity contribution in [1.29, 1.82) is 0 Å². The number of nitrogens with zero attached hydrogens (tertiary/aromatic N) is 1. The van der Waals surface area contributed by atoms with E-state index in [1.165, 1.54) is 0 Å². The molecule has 1 aliphatic rings. The van der Waals surface area contributed by atoms with E-state index in [1.807, 2.05) is 6.92 Å². The lowest BCUT2D eigenvalue weighted by Crippen LogP contribution is -2.36. The van der Waals surface area contributed by atoms with E-state index in [9.17, 15) is 9.59 Å². The average molecular weight is 319 g/mol. The predicted octanol–water partition coefficient (Wildman–Crippen LogP) is 2.28. The molecule has 1 heterocycles. The van der Waals surface area contributed by atoms with Gasteiger partial charge in [0.25, 0.3) is 0 Å². The quantitative estimate of drug-likeness (QED) is 0.842. The molecule has 6 heteroatoms. The van der Waals surface area contributed by atoms with Gasteiger partial charge in [-0.25, -0.2) is 0 Å². The Kier molecular flexibility index (Phi) is 5.98. The van der Waals surface area contributed by atoms with Gasteiger partial charge in [-0.05, 0) is 37.5 Å². The third kappa shape index (κ3) is 4.22. The van der Waals surface area contributed by atoms with E-state index in [0.29, 0.717) is 36.5 Å². The molecular weight excluding hydrogens is 294 g/mol. The number of piperidine rings is 1. The number of nitrogens with one attached hydrogen (secondary N) is 1. The van der Waals surface area contributed by atoms with Crippen LogP contribution in [0.5, 0.6) is 5.75 Å². The number of nitrogens with two attached hydrogens (primary N) is 1. The fraction of sp³-hybridized carbons (Fsp3) is 0.529. The maximum absolute atomic E-state index is 12.2. The van der Waals surface area contributed by atoms with Crippen LogP contribution >= 0.6 is 0 Å². The smallest absolute Gasteiger partial charge is 0.241 e. The number of methoxy groups -OCH3 is 1. The molecule has 1 unspecified atom stereocenters. The third-order valence-corrected chi connectivity index (χ3v) is 4.00. The summed E-state index contributed by atoms with van der Waals surface area (Å²) >= 11 is 0. The van der Waals surface area contributed by atoms with Crippen LogP contribution in [0.25, 0.3) is 0 Å². The molecule has 0 aromatic heterocycles. The normalized spacial score (nSPS) is 16.1. The van der Waals surface area contributed by atoms with Gasteiger partial charge >= 0.3 is 0 Å². The van der Waals surface area contributed by atoms with Gasteiger partial charge in [0.05, 0.1) is 18.8 Å². The molecule has 6 nitrogen and oxygen atoms in total. The average Bonchev–Trinajstić information content (AvgIpc) is 2.55. The summed E-state index contributed by atoms with van der Waals surface area (Å²) in [7, 11) is 1.57. The van der Waals surface area contributed by atoms with Gasteiger partial charge < -0.3 is 20.7 Å². The lowest BCUT2D eigenvalue weighted by atomic mass is 10.1. The molecule has 0 aliphatic carbocycles. The van der Waals surface area contributed by atoms with Crippen LogP contribution in [0.15, 0.2) is 18.2 Å². The zero-order valence-corrected chi connectivity index (χ0v) is 13.8. The molecule has 2 rings (SSSR count). The molecule has 1 atom stereocenters. The summed E-state index contributed by atoms with van der Waals surface area (Å²) in [4.78, 5) is 25.9. The Morgan fingerprint density at radius 2 is 2.22 bits per heavy atom. The lowest BCUT2D eigenvalue weighted by Gasteiger charge is -2.28. The number of hydrogen-bond acceptors (Lipinski definition) is 4. The maximum atomic E-state index is 12.2. The largest absolute Gasteiger partial charge is 0.495 e. The number of amides is 2. The molecule has 126 valence electrons. The summed E-state index contributed by atoms with van der Waals surface area (Å²) in [6.07, 6.45) is 3.91. The number of anilines is 2. The SMILES string of the molecule is CCCC(N)C(=O)Nc1ccc(OC)c(N2CCCCC2=O)c1. The Hall–Kier alpha value is -2.08. The van der Waals surface area contributed by atoms with E-state index < -0.39 is 6.04 Å². The first-order valence-electron chi connectivity index (χ1n) is 8.11. The number of benzene rings is 1. The van der Waals surface area contributed by atoms with Crippen molar-refractivity contribution < 1.29 is 14.3 Å². The van der Waals surface area contributed by atoms with Crippen LogP contribution in [-0.2, 0) is 9.59 Å². The second kappa shape index (κ2) is 7.97. The fourth-order valence-corrected chi connectivity index (χ4v) is 2.72. The number of hydrogen-bond donors (Lipinski definition) is 2. The number of carbonyl (C=O) groups excluding carboxylic acids is 2. The molecular formula is C17H25N3O3. The minimum Gasteiger partial charge on any atom is -0.495 e. The van der Waals surface area contributed by atoms with E-state index in [0.717, 1.165) is 19.3 Å². The minimum atomic E-state index is -0.526. The molecule has 1 aromatic carbocycles. The molecule has 2 amide bonds. The van der Waals surface area contributed by atoms with Crippen LogP contribution in [-0.4, -0.2) is 31.5 Å². The second-order valence-electron chi connectivity index (χ2n) is 5.77. The van der Waals surface area contributed by atoms with Crippen LogP contribution in [0.1, 0.15) is 39.0 Å². The Labute approximate surface area is 137 Å². The highest BCUT2D eigenvalue weighted by Gasteiger charge is 2.23. The maximum Gasteiger partial charge on any atom is 0.241 e. The summed E-state index contributed by atoms with van der Waals surface area (Å²) < 4.78 is 5.36. The topological polar surface area (TPSA) is 84.7 Å². The Morgan fingerprint density at radius 3 is 2.87 bits per heavy atom. The Bertz CT molecular complexity index is 574. The standard InChI is InChI=1S/C17H25N3O3/c1-3-6-13(18)17(22)19-12-8-9-15(23-2)14(11-12)20-10-5-4-7-16(20)21/h8-9,11,13H,3-7,10,18H2,1-2H3,(H,19,22). The molecule has 0 radical (unpaired) electrons. The van der Waals surface area contributed by atoms with E-state index >= 15 is 0 Å². The fourth-order valence-electron chi connectivity index (χ4n) is 2.72. The molecule has 1 saturated heterocycles. The molecule has 1 fully saturated rings. The van der Waals surface area contributed by atoms with Crippen LogP contribution in [0, 0.1) is 0 Å². The summed E-state index contributed by atoms with van der Waals surface area (Å²) in [5.74, 6) is 0.491.